The number of nitrogens with two attached hydrogens (primary N) is 1. The van der Waals surface area contributed by atoms with E-state index in [2.05, 4.69) is 6.58 Å². The Kier molecular flexibility index (Phi) is 5.57. The summed E-state index contributed by atoms with van der Waals surface area (Å²) in [5.74, 6) is 0.973. The third-order valence-corrected chi connectivity index (χ3v) is 4.60. The molecule has 0 amide bonds. The summed E-state index contributed by atoms with van der Waals surface area (Å²) in [4.78, 5) is 0.0963. The molecule has 2 N–H and O–H groups in total. The highest BCUT2D eigenvalue weighted by Gasteiger charge is 2.16. The van der Waals surface area contributed by atoms with Gasteiger partial charge in [-0.15, -0.1) is 0 Å². The molecule has 0 aliphatic heterocycles. The summed E-state index contributed by atoms with van der Waals surface area (Å²) in [7, 11) is -3.88. The molecule has 0 atom stereocenters. The van der Waals surface area contributed by atoms with Crippen LogP contribution in [0.25, 0.3) is 0 Å². The Hall–Kier alpha value is -2.12. The number of hydrogen-bond donors (Lipinski definition) is 1. The molecule has 0 saturated heterocycles. The van der Waals surface area contributed by atoms with Crippen LogP contribution in [0.5, 0.6) is 11.5 Å². The summed E-state index contributed by atoms with van der Waals surface area (Å²) >= 11 is 1.25. The normalized spacial score (nSPS) is 11.0. The van der Waals surface area contributed by atoms with Crippen molar-refractivity contribution in [1.82, 2.24) is 0 Å². The van der Waals surface area contributed by atoms with Crippen LogP contribution in [0.1, 0.15) is 5.56 Å². The van der Waals surface area contributed by atoms with E-state index >= 15 is 0 Å². The van der Waals surface area contributed by atoms with Crippen molar-refractivity contribution in [3.8, 4) is 11.5 Å². The number of aryl methyl sites for hydroxylation is 1. The third-order valence-electron chi connectivity index (χ3n) is 2.73. The van der Waals surface area contributed by atoms with Crippen molar-refractivity contribution in [1.29, 1.82) is 0 Å². The second-order valence-electron chi connectivity index (χ2n) is 4.71. The molecule has 0 unspecified atom stereocenters. The van der Waals surface area contributed by atoms with E-state index in [1.165, 1.54) is 30.0 Å². The standard InChI is InChI=1S/C16H17NO4S2/c1-12-8-14(20-11-22-13(2)17)10-15(9-12)21-23(18,19)16-6-4-3-5-7-16/h3-10H,2,11,17H2,1H3. The summed E-state index contributed by atoms with van der Waals surface area (Å²) in [6.45, 7) is 5.38. The van der Waals surface area contributed by atoms with Gasteiger partial charge in [-0.3, -0.25) is 0 Å². The Balaban J connectivity index is 2.17. The molecule has 0 heterocycles. The van der Waals surface area contributed by atoms with E-state index in [0.717, 1.165) is 5.56 Å². The van der Waals surface area contributed by atoms with Crippen molar-refractivity contribution in [2.24, 2.45) is 5.73 Å². The second-order valence-corrected chi connectivity index (χ2v) is 7.30. The van der Waals surface area contributed by atoms with Crippen LogP contribution < -0.4 is 14.7 Å². The maximum atomic E-state index is 12.2. The molecule has 0 fully saturated rings. The first-order valence-corrected chi connectivity index (χ1v) is 9.07. The minimum atomic E-state index is -3.88. The molecule has 2 aromatic carbocycles. The molecule has 0 bridgehead atoms. The number of rotatable bonds is 7. The molecule has 0 saturated carbocycles. The summed E-state index contributed by atoms with van der Waals surface area (Å²) in [5, 5.41) is 0.445. The van der Waals surface area contributed by atoms with Crippen LogP contribution in [0.2, 0.25) is 0 Å². The van der Waals surface area contributed by atoms with Gasteiger partial charge in [-0.25, -0.2) is 0 Å². The van der Waals surface area contributed by atoms with E-state index in [9.17, 15) is 8.42 Å². The first-order valence-electron chi connectivity index (χ1n) is 6.68. The van der Waals surface area contributed by atoms with Crippen molar-refractivity contribution in [3.63, 3.8) is 0 Å². The van der Waals surface area contributed by atoms with E-state index in [1.807, 2.05) is 6.92 Å². The van der Waals surface area contributed by atoms with E-state index in [1.54, 1.807) is 30.3 Å². The molecule has 0 aliphatic rings. The Labute approximate surface area is 140 Å². The van der Waals surface area contributed by atoms with Crippen LogP contribution in [-0.2, 0) is 10.1 Å². The minimum Gasteiger partial charge on any atom is -0.482 e. The molecule has 2 rings (SSSR count). The second kappa shape index (κ2) is 7.43. The Bertz CT molecular complexity index is 789. The molecule has 0 aliphatic carbocycles. The van der Waals surface area contributed by atoms with Gasteiger partial charge in [0, 0.05) is 6.07 Å². The number of thioether (sulfide) groups is 1. The molecule has 122 valence electrons. The van der Waals surface area contributed by atoms with E-state index < -0.39 is 10.1 Å². The summed E-state index contributed by atoms with van der Waals surface area (Å²) in [5.41, 5.74) is 6.27. The van der Waals surface area contributed by atoms with Gasteiger partial charge in [0.2, 0.25) is 0 Å². The SMILES string of the molecule is C=C(N)SCOc1cc(C)cc(OS(=O)(=O)c2ccccc2)c1. The maximum Gasteiger partial charge on any atom is 0.339 e. The Morgan fingerprint density at radius 3 is 2.48 bits per heavy atom. The highest BCUT2D eigenvalue weighted by atomic mass is 32.2. The van der Waals surface area contributed by atoms with E-state index in [4.69, 9.17) is 14.7 Å². The van der Waals surface area contributed by atoms with Gasteiger partial charge in [0.1, 0.15) is 22.3 Å². The summed E-state index contributed by atoms with van der Waals surface area (Å²) in [6.07, 6.45) is 0. The number of hydrogen-bond acceptors (Lipinski definition) is 6. The van der Waals surface area contributed by atoms with Gasteiger partial charge < -0.3 is 14.7 Å². The zero-order valence-corrected chi connectivity index (χ0v) is 14.2. The topological polar surface area (TPSA) is 78.6 Å². The largest absolute Gasteiger partial charge is 0.482 e. The summed E-state index contributed by atoms with van der Waals surface area (Å²) in [6, 6.07) is 12.9. The van der Waals surface area contributed by atoms with Crippen LogP contribution in [0.15, 0.2) is 65.0 Å². The van der Waals surface area contributed by atoms with Crippen molar-refractivity contribution >= 4 is 21.9 Å². The highest BCUT2D eigenvalue weighted by Crippen LogP contribution is 2.26. The molecule has 5 nitrogen and oxygen atoms in total. The fourth-order valence-corrected chi connectivity index (χ4v) is 3.06. The van der Waals surface area contributed by atoms with Gasteiger partial charge >= 0.3 is 10.1 Å². The van der Waals surface area contributed by atoms with Gasteiger partial charge in [-0.2, -0.15) is 8.42 Å². The number of benzene rings is 2. The lowest BCUT2D eigenvalue weighted by Gasteiger charge is -2.11. The lowest BCUT2D eigenvalue weighted by Crippen LogP contribution is -2.09. The molecule has 7 heteroatoms. The Morgan fingerprint density at radius 2 is 1.83 bits per heavy atom. The zero-order valence-electron chi connectivity index (χ0n) is 12.6. The third kappa shape index (κ3) is 5.22. The smallest absolute Gasteiger partial charge is 0.339 e. The average molecular weight is 351 g/mol. The average Bonchev–Trinajstić information content (AvgIpc) is 2.46. The van der Waals surface area contributed by atoms with E-state index in [-0.39, 0.29) is 16.6 Å². The Morgan fingerprint density at radius 1 is 1.17 bits per heavy atom. The molecule has 0 radical (unpaired) electrons. The van der Waals surface area contributed by atoms with Crippen molar-refractivity contribution in [2.75, 3.05) is 5.94 Å². The predicted octanol–water partition coefficient (Wildman–Crippen LogP) is 3.26. The lowest BCUT2D eigenvalue weighted by molar-refractivity contribution is 0.391. The van der Waals surface area contributed by atoms with Gasteiger partial charge in [-0.05, 0) is 36.8 Å². The molecular formula is C16H17NO4S2. The first-order chi connectivity index (χ1) is 10.9. The van der Waals surface area contributed by atoms with Gasteiger partial charge in [0.05, 0.1) is 5.03 Å². The minimum absolute atomic E-state index is 0.0963. The number of ether oxygens (including phenoxy) is 1. The van der Waals surface area contributed by atoms with Crippen molar-refractivity contribution in [3.05, 3.63) is 65.7 Å². The zero-order chi connectivity index (χ0) is 16.9. The van der Waals surface area contributed by atoms with Crippen LogP contribution in [0, 0.1) is 6.92 Å². The van der Waals surface area contributed by atoms with Crippen LogP contribution >= 0.6 is 11.8 Å². The molecule has 0 aromatic heterocycles. The molecule has 0 spiro atoms. The maximum absolute atomic E-state index is 12.2. The molecular weight excluding hydrogens is 334 g/mol. The van der Waals surface area contributed by atoms with Crippen LogP contribution in [-0.4, -0.2) is 14.4 Å². The van der Waals surface area contributed by atoms with Crippen molar-refractivity contribution in [2.45, 2.75) is 11.8 Å². The van der Waals surface area contributed by atoms with Gasteiger partial charge in [-0.1, -0.05) is 36.5 Å². The van der Waals surface area contributed by atoms with Crippen LogP contribution in [0.3, 0.4) is 0 Å². The van der Waals surface area contributed by atoms with Gasteiger partial charge in [0.15, 0.2) is 0 Å². The van der Waals surface area contributed by atoms with Gasteiger partial charge in [0.25, 0.3) is 0 Å². The molecule has 2 aromatic rings. The van der Waals surface area contributed by atoms with Crippen LogP contribution in [0.4, 0.5) is 0 Å². The molecule has 23 heavy (non-hydrogen) atoms. The van der Waals surface area contributed by atoms with Crippen molar-refractivity contribution < 1.29 is 17.3 Å². The highest BCUT2D eigenvalue weighted by molar-refractivity contribution is 8.02. The first kappa shape index (κ1) is 17.2. The summed E-state index contributed by atoms with van der Waals surface area (Å²) < 4.78 is 35.2. The fraction of sp³-hybridized carbons (Fsp3) is 0.125. The fourth-order valence-electron chi connectivity index (χ4n) is 1.78. The predicted molar refractivity (Wildman–Crippen MR) is 91.8 cm³/mol. The van der Waals surface area contributed by atoms with E-state index in [0.29, 0.717) is 10.8 Å². The quantitative estimate of drug-likeness (QED) is 0.609. The lowest BCUT2D eigenvalue weighted by atomic mass is 10.2. The monoisotopic (exact) mass is 351 g/mol.